The number of esters is 1. The fourth-order valence-electron chi connectivity index (χ4n) is 1.26. The molecular formula is C14H21NO7. The average Bonchev–Trinajstić information content (AvgIpc) is 2.68. The average molecular weight is 315 g/mol. The Bertz CT molecular complexity index is 522. The van der Waals surface area contributed by atoms with Crippen LogP contribution in [0.15, 0.2) is 12.1 Å². The number of carbonyl (C=O) groups excluding carboxylic acids is 2. The molecule has 0 aliphatic carbocycles. The highest BCUT2D eigenvalue weighted by atomic mass is 16.9. The second-order valence-corrected chi connectivity index (χ2v) is 6.07. The van der Waals surface area contributed by atoms with Gasteiger partial charge in [0, 0.05) is 18.1 Å². The number of ether oxygens (including phenoxy) is 2. The molecule has 8 heteroatoms. The molecule has 1 aromatic rings. The Morgan fingerprint density at radius 3 is 2.00 bits per heavy atom. The van der Waals surface area contributed by atoms with Crippen LogP contribution in [0.4, 0.5) is 4.79 Å². The molecule has 8 nitrogen and oxygen atoms in total. The van der Waals surface area contributed by atoms with E-state index in [1.807, 2.05) is 0 Å². The van der Waals surface area contributed by atoms with Crippen molar-refractivity contribution in [3.8, 4) is 11.8 Å². The Balaban J connectivity index is 2.71. The maximum Gasteiger partial charge on any atom is 0.537 e. The van der Waals surface area contributed by atoms with Crippen molar-refractivity contribution in [1.29, 1.82) is 0 Å². The summed E-state index contributed by atoms with van der Waals surface area (Å²) in [6.07, 6.45) is -2.39. The number of rotatable bonds is 4. The smallest absolute Gasteiger partial charge is 0.492 e. The molecule has 22 heavy (non-hydrogen) atoms. The van der Waals surface area contributed by atoms with Gasteiger partial charge in [0.2, 0.25) is 11.8 Å². The highest BCUT2D eigenvalue weighted by Gasteiger charge is 2.30. The molecule has 1 heterocycles. The van der Waals surface area contributed by atoms with Gasteiger partial charge in [0.25, 0.3) is 6.29 Å². The second-order valence-electron chi connectivity index (χ2n) is 6.07. The Kier molecular flexibility index (Phi) is 5.29. The number of hydrogen-bond acceptors (Lipinski definition) is 7. The molecule has 0 spiro atoms. The van der Waals surface area contributed by atoms with E-state index in [-0.39, 0.29) is 5.92 Å². The molecule has 0 aromatic carbocycles. The molecule has 1 aromatic heterocycles. The molecule has 0 bridgehead atoms. The van der Waals surface area contributed by atoms with Gasteiger partial charge in [-0.05, 0) is 20.8 Å². The topological polar surface area (TPSA) is 107 Å². The highest BCUT2D eigenvalue weighted by molar-refractivity contribution is 5.75. The number of aromatic hydroxyl groups is 2. The zero-order valence-electron chi connectivity index (χ0n) is 13.2. The van der Waals surface area contributed by atoms with Gasteiger partial charge in [0.15, 0.2) is 0 Å². The van der Waals surface area contributed by atoms with Crippen LogP contribution in [0.5, 0.6) is 11.8 Å². The fraction of sp³-hybridized carbons (Fsp3) is 0.571. The van der Waals surface area contributed by atoms with Crippen molar-refractivity contribution in [3.63, 3.8) is 0 Å². The summed E-state index contributed by atoms with van der Waals surface area (Å²) >= 11 is 0. The first-order valence-corrected chi connectivity index (χ1v) is 6.72. The lowest BCUT2D eigenvalue weighted by atomic mass is 9.97. The van der Waals surface area contributed by atoms with Gasteiger partial charge in [-0.3, -0.25) is 9.63 Å². The van der Waals surface area contributed by atoms with Gasteiger partial charge in [0.05, 0.1) is 5.41 Å². The number of carbonyl (C=O) groups is 2. The van der Waals surface area contributed by atoms with E-state index in [9.17, 15) is 19.8 Å². The molecule has 0 amide bonds. The molecule has 1 rings (SSSR count). The van der Waals surface area contributed by atoms with Crippen LogP contribution in [0.1, 0.15) is 34.6 Å². The maximum atomic E-state index is 11.8. The van der Waals surface area contributed by atoms with Crippen molar-refractivity contribution in [1.82, 2.24) is 4.73 Å². The van der Waals surface area contributed by atoms with Gasteiger partial charge >= 0.3 is 12.1 Å². The van der Waals surface area contributed by atoms with E-state index in [0.717, 1.165) is 12.1 Å². The lowest BCUT2D eigenvalue weighted by Crippen LogP contribution is -2.36. The molecule has 0 aliphatic heterocycles. The lowest BCUT2D eigenvalue weighted by Gasteiger charge is -2.25. The van der Waals surface area contributed by atoms with E-state index in [2.05, 4.69) is 4.84 Å². The van der Waals surface area contributed by atoms with Crippen LogP contribution in [0.25, 0.3) is 0 Å². The van der Waals surface area contributed by atoms with Gasteiger partial charge in [-0.15, -0.1) is 4.73 Å². The molecule has 2 N–H and O–H groups in total. The van der Waals surface area contributed by atoms with E-state index in [1.165, 1.54) is 0 Å². The predicted molar refractivity (Wildman–Crippen MR) is 75.0 cm³/mol. The Labute approximate surface area is 128 Å². The van der Waals surface area contributed by atoms with Crippen molar-refractivity contribution >= 4 is 12.1 Å². The molecule has 0 saturated heterocycles. The first-order chi connectivity index (χ1) is 10.0. The summed E-state index contributed by atoms with van der Waals surface area (Å²) in [6.45, 7) is 8.39. The quantitative estimate of drug-likeness (QED) is 0.646. The van der Waals surface area contributed by atoms with Crippen LogP contribution in [0.3, 0.4) is 0 Å². The van der Waals surface area contributed by atoms with Gasteiger partial charge in [-0.2, -0.15) is 0 Å². The Morgan fingerprint density at radius 1 is 1.09 bits per heavy atom. The van der Waals surface area contributed by atoms with Crippen LogP contribution >= 0.6 is 0 Å². The third-order valence-corrected chi connectivity index (χ3v) is 2.56. The van der Waals surface area contributed by atoms with Gasteiger partial charge in [0.1, 0.15) is 0 Å². The number of nitrogens with zero attached hydrogens (tertiary/aromatic N) is 1. The van der Waals surface area contributed by atoms with E-state index in [1.54, 1.807) is 34.6 Å². The van der Waals surface area contributed by atoms with E-state index in [0.29, 0.717) is 4.73 Å². The zero-order valence-corrected chi connectivity index (χ0v) is 13.2. The van der Waals surface area contributed by atoms with Gasteiger partial charge in [-0.25, -0.2) is 4.79 Å². The fourth-order valence-corrected chi connectivity index (χ4v) is 1.26. The summed E-state index contributed by atoms with van der Waals surface area (Å²) in [5, 5.41) is 18.7. The van der Waals surface area contributed by atoms with Gasteiger partial charge < -0.3 is 19.7 Å². The molecule has 0 fully saturated rings. The van der Waals surface area contributed by atoms with Crippen LogP contribution in [0.2, 0.25) is 0 Å². The first kappa shape index (κ1) is 17.7. The predicted octanol–water partition coefficient (Wildman–Crippen LogP) is 2.04. The molecular weight excluding hydrogens is 294 g/mol. The normalized spacial score (nSPS) is 12.8. The van der Waals surface area contributed by atoms with E-state index in [4.69, 9.17) is 9.47 Å². The van der Waals surface area contributed by atoms with Crippen molar-refractivity contribution < 1.29 is 34.1 Å². The van der Waals surface area contributed by atoms with Crippen LogP contribution in [0, 0.1) is 11.3 Å². The van der Waals surface area contributed by atoms with Crippen LogP contribution in [-0.4, -0.2) is 33.4 Å². The van der Waals surface area contributed by atoms with Crippen molar-refractivity contribution in [2.75, 3.05) is 0 Å². The molecule has 1 unspecified atom stereocenters. The minimum absolute atomic E-state index is 0.314. The monoisotopic (exact) mass is 315 g/mol. The Morgan fingerprint density at radius 2 is 1.59 bits per heavy atom. The Hall–Kier alpha value is -2.38. The third-order valence-electron chi connectivity index (χ3n) is 2.56. The number of hydrogen-bond donors (Lipinski definition) is 2. The summed E-state index contributed by atoms with van der Waals surface area (Å²) in [5.74, 6) is -1.82. The van der Waals surface area contributed by atoms with Gasteiger partial charge in [-0.1, -0.05) is 13.8 Å². The maximum absolute atomic E-state index is 11.8. The highest BCUT2D eigenvalue weighted by Crippen LogP contribution is 2.21. The minimum atomic E-state index is -1.23. The minimum Gasteiger partial charge on any atom is -0.492 e. The van der Waals surface area contributed by atoms with Crippen molar-refractivity contribution in [2.45, 2.75) is 40.9 Å². The summed E-state index contributed by atoms with van der Waals surface area (Å²) in [6, 6.07) is 2.25. The largest absolute Gasteiger partial charge is 0.537 e. The summed E-state index contributed by atoms with van der Waals surface area (Å²) in [4.78, 5) is 28.2. The molecule has 0 saturated carbocycles. The second kappa shape index (κ2) is 6.59. The van der Waals surface area contributed by atoms with Crippen molar-refractivity contribution in [3.05, 3.63) is 12.1 Å². The zero-order chi connectivity index (χ0) is 17.1. The molecule has 0 radical (unpaired) electrons. The lowest BCUT2D eigenvalue weighted by molar-refractivity contribution is -0.188. The summed E-state index contributed by atoms with van der Waals surface area (Å²) < 4.78 is 10.5. The third kappa shape index (κ3) is 4.57. The standard InChI is InChI=1S/C14H21NO7/c1-8(2)11(20-12(18)14(3,4)5)21-13(19)22-15-9(16)6-7-10(15)17/h6-8,11,16-17H,1-5H3. The van der Waals surface area contributed by atoms with Crippen LogP contribution in [-0.2, 0) is 14.3 Å². The summed E-state index contributed by atoms with van der Waals surface area (Å²) in [7, 11) is 0. The SMILES string of the molecule is CC(C)C(OC(=O)On1c(O)ccc1O)OC(=O)C(C)(C)C. The summed E-state index contributed by atoms with van der Waals surface area (Å²) in [5.41, 5.74) is -0.753. The van der Waals surface area contributed by atoms with E-state index < -0.39 is 35.6 Å². The first-order valence-electron chi connectivity index (χ1n) is 6.72. The van der Waals surface area contributed by atoms with E-state index >= 15 is 0 Å². The molecule has 0 aliphatic rings. The number of aromatic nitrogens is 1. The molecule has 1 atom stereocenters. The molecule has 124 valence electrons. The van der Waals surface area contributed by atoms with Crippen LogP contribution < -0.4 is 4.84 Å². The van der Waals surface area contributed by atoms with Crippen molar-refractivity contribution in [2.24, 2.45) is 11.3 Å².